The fourth-order valence-electron chi connectivity index (χ4n) is 1.38. The summed E-state index contributed by atoms with van der Waals surface area (Å²) in [6.45, 7) is 1.06. The van der Waals surface area contributed by atoms with Gasteiger partial charge in [0.15, 0.2) is 0 Å². The molecule has 0 N–H and O–H groups in total. The van der Waals surface area contributed by atoms with Crippen molar-refractivity contribution in [2.75, 3.05) is 30.5 Å². The second-order valence-electron chi connectivity index (χ2n) is 3.48. The van der Waals surface area contributed by atoms with Gasteiger partial charge < -0.3 is 4.90 Å². The lowest BCUT2D eigenvalue weighted by atomic mass is 10.2. The van der Waals surface area contributed by atoms with Gasteiger partial charge in [0.25, 0.3) is 0 Å². The fraction of sp³-hybridized carbons (Fsp3) is 0.417. The Morgan fingerprint density at radius 2 is 2.00 bits per heavy atom. The SMILES string of the molecule is CSCCCN(C)c1ccc(C=O)cc1. The van der Waals surface area contributed by atoms with Crippen LogP contribution in [0.5, 0.6) is 0 Å². The number of thioether (sulfide) groups is 1. The highest BCUT2D eigenvalue weighted by molar-refractivity contribution is 7.98. The van der Waals surface area contributed by atoms with Crippen molar-refractivity contribution in [2.45, 2.75) is 6.42 Å². The molecule has 15 heavy (non-hydrogen) atoms. The number of carbonyl (C=O) groups excluding carboxylic acids is 1. The first-order chi connectivity index (χ1) is 7.27. The van der Waals surface area contributed by atoms with Gasteiger partial charge in [0.1, 0.15) is 6.29 Å². The Balaban J connectivity index is 2.50. The molecule has 0 saturated carbocycles. The first kappa shape index (κ1) is 12.1. The molecule has 0 amide bonds. The molecule has 0 aromatic heterocycles. The molecule has 0 heterocycles. The van der Waals surface area contributed by atoms with Crippen molar-refractivity contribution in [3.63, 3.8) is 0 Å². The van der Waals surface area contributed by atoms with E-state index < -0.39 is 0 Å². The Kier molecular flexibility index (Phi) is 5.26. The van der Waals surface area contributed by atoms with Crippen LogP contribution in [0.4, 0.5) is 5.69 Å². The van der Waals surface area contributed by atoms with Crippen LogP contribution in [0.15, 0.2) is 24.3 Å². The third-order valence-electron chi connectivity index (χ3n) is 2.31. The Morgan fingerprint density at radius 1 is 1.33 bits per heavy atom. The zero-order chi connectivity index (χ0) is 11.1. The van der Waals surface area contributed by atoms with E-state index in [9.17, 15) is 4.79 Å². The fourth-order valence-corrected chi connectivity index (χ4v) is 1.80. The van der Waals surface area contributed by atoms with Gasteiger partial charge in [-0.05, 0) is 42.7 Å². The van der Waals surface area contributed by atoms with Gasteiger partial charge in [-0.15, -0.1) is 0 Å². The van der Waals surface area contributed by atoms with Crippen molar-refractivity contribution in [3.8, 4) is 0 Å². The van der Waals surface area contributed by atoms with Gasteiger partial charge in [0.05, 0.1) is 0 Å². The number of aldehydes is 1. The predicted octanol–water partition coefficient (Wildman–Crippen LogP) is 2.69. The Hall–Kier alpha value is -0.960. The molecule has 3 heteroatoms. The Bertz CT molecular complexity index is 297. The molecular formula is C12H17NOS. The summed E-state index contributed by atoms with van der Waals surface area (Å²) in [6, 6.07) is 7.69. The van der Waals surface area contributed by atoms with Crippen LogP contribution >= 0.6 is 11.8 Å². The summed E-state index contributed by atoms with van der Waals surface area (Å²) in [5, 5.41) is 0. The number of carbonyl (C=O) groups is 1. The Labute approximate surface area is 95.7 Å². The quantitative estimate of drug-likeness (QED) is 0.546. The monoisotopic (exact) mass is 223 g/mol. The van der Waals surface area contributed by atoms with Gasteiger partial charge in [-0.25, -0.2) is 0 Å². The van der Waals surface area contributed by atoms with Gasteiger partial charge >= 0.3 is 0 Å². The molecule has 0 spiro atoms. The molecule has 0 radical (unpaired) electrons. The summed E-state index contributed by atoms with van der Waals surface area (Å²) in [5.41, 5.74) is 1.90. The van der Waals surface area contributed by atoms with Crippen molar-refractivity contribution in [2.24, 2.45) is 0 Å². The summed E-state index contributed by atoms with van der Waals surface area (Å²) in [7, 11) is 2.08. The summed E-state index contributed by atoms with van der Waals surface area (Å²) in [4.78, 5) is 12.7. The van der Waals surface area contributed by atoms with Crippen molar-refractivity contribution in [3.05, 3.63) is 29.8 Å². The number of hydrogen-bond acceptors (Lipinski definition) is 3. The summed E-state index contributed by atoms with van der Waals surface area (Å²) in [6.07, 6.45) is 4.18. The standard InChI is InChI=1S/C12H17NOS/c1-13(8-3-9-15-2)12-6-4-11(10-14)5-7-12/h4-7,10H,3,8-9H2,1-2H3. The number of nitrogens with zero attached hydrogens (tertiary/aromatic N) is 1. The highest BCUT2D eigenvalue weighted by Crippen LogP contribution is 2.13. The highest BCUT2D eigenvalue weighted by atomic mass is 32.2. The maximum absolute atomic E-state index is 10.5. The molecule has 0 bridgehead atoms. The molecule has 0 aliphatic carbocycles. The average Bonchev–Trinajstić information content (AvgIpc) is 2.29. The van der Waals surface area contributed by atoms with E-state index in [1.54, 1.807) is 0 Å². The van der Waals surface area contributed by atoms with E-state index in [0.717, 1.165) is 18.4 Å². The molecule has 0 fully saturated rings. The predicted molar refractivity (Wildman–Crippen MR) is 68.1 cm³/mol. The molecular weight excluding hydrogens is 206 g/mol. The van der Waals surface area contributed by atoms with Gasteiger partial charge in [-0.3, -0.25) is 4.79 Å². The number of anilines is 1. The zero-order valence-corrected chi connectivity index (χ0v) is 10.1. The van der Waals surface area contributed by atoms with Crippen LogP contribution in [0.1, 0.15) is 16.8 Å². The summed E-state index contributed by atoms with van der Waals surface area (Å²) in [5.74, 6) is 1.19. The van der Waals surface area contributed by atoms with E-state index in [1.165, 1.54) is 17.9 Å². The van der Waals surface area contributed by atoms with Crippen LogP contribution in [-0.2, 0) is 0 Å². The maximum atomic E-state index is 10.5. The van der Waals surface area contributed by atoms with Gasteiger partial charge in [-0.1, -0.05) is 0 Å². The van der Waals surface area contributed by atoms with Crippen LogP contribution in [0.25, 0.3) is 0 Å². The molecule has 82 valence electrons. The molecule has 0 saturated heterocycles. The van der Waals surface area contributed by atoms with Crippen molar-refractivity contribution < 1.29 is 4.79 Å². The molecule has 1 rings (SSSR count). The molecule has 0 unspecified atom stereocenters. The molecule has 1 aromatic carbocycles. The van der Waals surface area contributed by atoms with Crippen LogP contribution in [0, 0.1) is 0 Å². The minimum Gasteiger partial charge on any atom is -0.375 e. The summed E-state index contributed by atoms with van der Waals surface area (Å²) < 4.78 is 0. The minimum atomic E-state index is 0.733. The van der Waals surface area contributed by atoms with Gasteiger partial charge in [0, 0.05) is 24.8 Å². The van der Waals surface area contributed by atoms with E-state index in [-0.39, 0.29) is 0 Å². The largest absolute Gasteiger partial charge is 0.375 e. The highest BCUT2D eigenvalue weighted by Gasteiger charge is 1.99. The lowest BCUT2D eigenvalue weighted by Gasteiger charge is -2.18. The normalized spacial score (nSPS) is 10.0. The summed E-state index contributed by atoms with van der Waals surface area (Å²) >= 11 is 1.87. The number of rotatable bonds is 6. The van der Waals surface area contributed by atoms with Crippen LogP contribution in [0.3, 0.4) is 0 Å². The second-order valence-corrected chi connectivity index (χ2v) is 4.46. The van der Waals surface area contributed by atoms with E-state index in [2.05, 4.69) is 18.2 Å². The van der Waals surface area contributed by atoms with Crippen molar-refractivity contribution in [1.29, 1.82) is 0 Å². The molecule has 0 aliphatic heterocycles. The molecule has 0 aliphatic rings. The zero-order valence-electron chi connectivity index (χ0n) is 9.27. The third-order valence-corrected chi connectivity index (χ3v) is 3.01. The van der Waals surface area contributed by atoms with Gasteiger partial charge in [0.2, 0.25) is 0 Å². The maximum Gasteiger partial charge on any atom is 0.150 e. The molecule has 0 atom stereocenters. The van der Waals surface area contributed by atoms with E-state index in [4.69, 9.17) is 0 Å². The third kappa shape index (κ3) is 3.96. The van der Waals surface area contributed by atoms with Crippen LogP contribution in [-0.4, -0.2) is 31.9 Å². The first-order valence-corrected chi connectivity index (χ1v) is 6.42. The number of hydrogen-bond donors (Lipinski definition) is 0. The second kappa shape index (κ2) is 6.51. The van der Waals surface area contributed by atoms with Crippen molar-refractivity contribution in [1.82, 2.24) is 0 Å². The lowest BCUT2D eigenvalue weighted by molar-refractivity contribution is 0.112. The molecule has 2 nitrogen and oxygen atoms in total. The first-order valence-electron chi connectivity index (χ1n) is 5.03. The topological polar surface area (TPSA) is 20.3 Å². The van der Waals surface area contributed by atoms with E-state index in [1.807, 2.05) is 36.0 Å². The lowest BCUT2D eigenvalue weighted by Crippen LogP contribution is -2.18. The molecule has 1 aromatic rings. The van der Waals surface area contributed by atoms with E-state index >= 15 is 0 Å². The van der Waals surface area contributed by atoms with Crippen LogP contribution in [0.2, 0.25) is 0 Å². The smallest absolute Gasteiger partial charge is 0.150 e. The van der Waals surface area contributed by atoms with Crippen LogP contribution < -0.4 is 4.90 Å². The van der Waals surface area contributed by atoms with Crippen molar-refractivity contribution >= 4 is 23.7 Å². The number of benzene rings is 1. The van der Waals surface area contributed by atoms with E-state index in [0.29, 0.717) is 0 Å². The Morgan fingerprint density at radius 3 is 2.53 bits per heavy atom. The average molecular weight is 223 g/mol. The van der Waals surface area contributed by atoms with Gasteiger partial charge in [-0.2, -0.15) is 11.8 Å². The minimum absolute atomic E-state index is 0.733.